The average Bonchev–Trinajstić information content (AvgIpc) is 3.53. The zero-order valence-corrected chi connectivity index (χ0v) is 23.7. The molecule has 3 N–H and O–H groups in total. The van der Waals surface area contributed by atoms with Gasteiger partial charge in [0.05, 0.1) is 6.61 Å². The highest BCUT2D eigenvalue weighted by atomic mass is 32.1. The number of carbonyl (C=O) groups is 3. The number of nitrogens with two attached hydrogens (primary N) is 1. The zero-order chi connectivity index (χ0) is 27.2. The van der Waals surface area contributed by atoms with Crippen molar-refractivity contribution in [3.05, 3.63) is 57.6 Å². The number of ether oxygens (including phenoxy) is 1. The largest absolute Gasteiger partial charge is 0.370 e. The van der Waals surface area contributed by atoms with Crippen molar-refractivity contribution in [2.45, 2.75) is 44.3 Å². The molecule has 0 saturated carbocycles. The molecule has 0 bridgehead atoms. The first-order valence-electron chi connectivity index (χ1n) is 12.1. The summed E-state index contributed by atoms with van der Waals surface area (Å²) in [5.41, 5.74) is 6.37. The van der Waals surface area contributed by atoms with E-state index in [1.54, 1.807) is 32.5 Å². The minimum Gasteiger partial charge on any atom is -0.370 e. The van der Waals surface area contributed by atoms with E-state index in [9.17, 15) is 14.4 Å². The van der Waals surface area contributed by atoms with Gasteiger partial charge in [-0.25, -0.2) is 0 Å². The average molecular weight is 545 g/mol. The van der Waals surface area contributed by atoms with E-state index in [1.807, 2.05) is 61.0 Å². The molecule has 37 heavy (non-hydrogen) atoms. The van der Waals surface area contributed by atoms with Crippen LogP contribution in [0.4, 0.5) is 0 Å². The van der Waals surface area contributed by atoms with E-state index in [4.69, 9.17) is 10.5 Å². The first kappa shape index (κ1) is 28.8. The molecule has 3 aromatic rings. The van der Waals surface area contributed by atoms with Crippen molar-refractivity contribution in [3.63, 3.8) is 0 Å². The van der Waals surface area contributed by atoms with Gasteiger partial charge in [0, 0.05) is 49.1 Å². The molecule has 2 atom stereocenters. The molecular weight excluding hydrogens is 508 g/mol. The molecule has 0 fully saturated rings. The topological polar surface area (TPSA) is 105 Å². The Morgan fingerprint density at radius 1 is 1.03 bits per heavy atom. The van der Waals surface area contributed by atoms with Crippen LogP contribution in [0.15, 0.2) is 47.2 Å². The Morgan fingerprint density at radius 2 is 1.76 bits per heavy atom. The van der Waals surface area contributed by atoms with Crippen LogP contribution in [0.25, 0.3) is 10.1 Å². The van der Waals surface area contributed by atoms with Crippen molar-refractivity contribution in [1.29, 1.82) is 0 Å². The Labute approximate surface area is 226 Å². The number of fused-ring (bicyclic) bond motifs is 1. The van der Waals surface area contributed by atoms with Gasteiger partial charge in [0.15, 0.2) is 0 Å². The summed E-state index contributed by atoms with van der Waals surface area (Å²) in [4.78, 5) is 43.8. The third-order valence-electron chi connectivity index (χ3n) is 6.16. The zero-order valence-electron chi connectivity index (χ0n) is 22.0. The molecule has 2 heterocycles. The quantitative estimate of drug-likeness (QED) is 0.365. The van der Waals surface area contributed by atoms with Crippen LogP contribution in [0, 0.1) is 0 Å². The summed E-state index contributed by atoms with van der Waals surface area (Å²) in [6.07, 6.45) is 0.706. The second-order valence-electron chi connectivity index (χ2n) is 9.83. The number of likely N-dealkylation sites (N-methyl/N-ethyl adjacent to an activating group) is 3. The highest BCUT2D eigenvalue weighted by molar-refractivity contribution is 7.17. The molecule has 0 aliphatic heterocycles. The van der Waals surface area contributed by atoms with Gasteiger partial charge in [-0.15, -0.1) is 22.7 Å². The lowest BCUT2D eigenvalue weighted by Crippen LogP contribution is -2.56. The van der Waals surface area contributed by atoms with Gasteiger partial charge in [-0.1, -0.05) is 24.3 Å². The van der Waals surface area contributed by atoms with Crippen molar-refractivity contribution < 1.29 is 19.1 Å². The normalized spacial score (nSPS) is 13.2. The van der Waals surface area contributed by atoms with Gasteiger partial charge in [-0.2, -0.15) is 0 Å². The summed E-state index contributed by atoms with van der Waals surface area (Å²) in [5, 5.41) is 7.70. The maximum atomic E-state index is 14.0. The third-order valence-corrected chi connectivity index (χ3v) is 8.07. The Balaban J connectivity index is 1.88. The van der Waals surface area contributed by atoms with E-state index in [-0.39, 0.29) is 30.9 Å². The minimum atomic E-state index is -0.819. The summed E-state index contributed by atoms with van der Waals surface area (Å²) < 4.78 is 6.66. The molecule has 0 unspecified atom stereocenters. The Morgan fingerprint density at radius 3 is 2.41 bits per heavy atom. The number of thiophene rings is 2. The predicted molar refractivity (Wildman–Crippen MR) is 150 cm³/mol. The summed E-state index contributed by atoms with van der Waals surface area (Å²) in [6.45, 7) is 3.65. The molecule has 0 saturated heterocycles. The van der Waals surface area contributed by atoms with E-state index in [2.05, 4.69) is 5.32 Å². The van der Waals surface area contributed by atoms with Gasteiger partial charge < -0.3 is 25.6 Å². The number of amides is 3. The SMILES string of the molecule is CNC(=O)[C@@H](Cc1cccs1)N(C)C(=O)[C@@H](Cc1csc2ccccc12)N(C)C(=O)COCC(C)(C)N. The molecule has 0 aliphatic carbocycles. The van der Waals surface area contributed by atoms with Gasteiger partial charge in [-0.3, -0.25) is 14.4 Å². The molecule has 200 valence electrons. The number of hydrogen-bond acceptors (Lipinski definition) is 7. The van der Waals surface area contributed by atoms with Crippen LogP contribution in [0.3, 0.4) is 0 Å². The van der Waals surface area contributed by atoms with Gasteiger partial charge in [-0.05, 0) is 47.7 Å². The molecular formula is C27H36N4O4S2. The Hall–Kier alpha value is -2.79. The van der Waals surface area contributed by atoms with Crippen molar-refractivity contribution in [1.82, 2.24) is 15.1 Å². The lowest BCUT2D eigenvalue weighted by atomic mass is 10.0. The standard InChI is InChI=1S/C27H36N4O4S2/c1-27(2,28)17-35-15-24(32)30(4)22(13-18-16-37-23-11-7-6-10-20(18)23)26(34)31(5)21(25(33)29-3)14-19-9-8-12-36-19/h6-12,16,21-22H,13-15,17,28H2,1-5H3,(H,29,33)/t21-,22-/m1/s1. The molecule has 1 aromatic carbocycles. The van der Waals surface area contributed by atoms with E-state index >= 15 is 0 Å². The summed E-state index contributed by atoms with van der Waals surface area (Å²) in [5.74, 6) is -0.896. The number of nitrogens with zero attached hydrogens (tertiary/aromatic N) is 2. The minimum absolute atomic E-state index is 0.191. The lowest BCUT2D eigenvalue weighted by Gasteiger charge is -2.34. The van der Waals surface area contributed by atoms with Crippen molar-refractivity contribution >= 4 is 50.5 Å². The fourth-order valence-corrected chi connectivity index (χ4v) is 5.76. The van der Waals surface area contributed by atoms with Crippen LogP contribution in [0.5, 0.6) is 0 Å². The number of carbonyl (C=O) groups excluding carboxylic acids is 3. The summed E-state index contributed by atoms with van der Waals surface area (Å²) >= 11 is 3.14. The van der Waals surface area contributed by atoms with Crippen LogP contribution in [0.1, 0.15) is 24.3 Å². The molecule has 3 amide bonds. The van der Waals surface area contributed by atoms with E-state index in [1.165, 1.54) is 21.1 Å². The number of hydrogen-bond donors (Lipinski definition) is 2. The first-order chi connectivity index (χ1) is 17.5. The molecule has 8 nitrogen and oxygen atoms in total. The van der Waals surface area contributed by atoms with E-state index < -0.39 is 17.6 Å². The molecule has 3 rings (SSSR count). The van der Waals surface area contributed by atoms with Crippen LogP contribution in [0.2, 0.25) is 0 Å². The second kappa shape index (κ2) is 12.6. The fourth-order valence-electron chi connectivity index (χ4n) is 4.05. The first-order valence-corrected chi connectivity index (χ1v) is 13.9. The van der Waals surface area contributed by atoms with Crippen LogP contribution < -0.4 is 11.1 Å². The molecule has 10 heteroatoms. The predicted octanol–water partition coefficient (Wildman–Crippen LogP) is 2.90. The summed E-state index contributed by atoms with van der Waals surface area (Å²) in [6, 6.07) is 10.3. The van der Waals surface area contributed by atoms with Gasteiger partial charge >= 0.3 is 0 Å². The Kier molecular flexibility index (Phi) is 9.83. The van der Waals surface area contributed by atoms with Gasteiger partial charge in [0.1, 0.15) is 18.7 Å². The second-order valence-corrected chi connectivity index (χ2v) is 11.8. The molecule has 2 aromatic heterocycles. The van der Waals surface area contributed by atoms with Crippen molar-refractivity contribution in [2.75, 3.05) is 34.4 Å². The Bertz CT molecular complexity index is 1200. The number of rotatable bonds is 12. The highest BCUT2D eigenvalue weighted by Crippen LogP contribution is 2.28. The van der Waals surface area contributed by atoms with Crippen molar-refractivity contribution in [3.8, 4) is 0 Å². The van der Waals surface area contributed by atoms with E-state index in [0.29, 0.717) is 12.8 Å². The van der Waals surface area contributed by atoms with Crippen LogP contribution in [-0.4, -0.2) is 79.5 Å². The maximum absolute atomic E-state index is 14.0. The molecule has 0 aliphatic rings. The molecule has 0 radical (unpaired) electrons. The lowest BCUT2D eigenvalue weighted by molar-refractivity contribution is -0.149. The maximum Gasteiger partial charge on any atom is 0.249 e. The van der Waals surface area contributed by atoms with E-state index in [0.717, 1.165) is 20.5 Å². The van der Waals surface area contributed by atoms with Crippen LogP contribution in [-0.2, 0) is 32.0 Å². The smallest absolute Gasteiger partial charge is 0.249 e. The monoisotopic (exact) mass is 544 g/mol. The number of benzene rings is 1. The van der Waals surface area contributed by atoms with Gasteiger partial charge in [0.2, 0.25) is 17.7 Å². The van der Waals surface area contributed by atoms with Crippen molar-refractivity contribution in [2.24, 2.45) is 5.73 Å². The summed E-state index contributed by atoms with van der Waals surface area (Å²) in [7, 11) is 4.79. The fraction of sp³-hybridized carbons (Fsp3) is 0.444. The number of nitrogens with one attached hydrogen (secondary N) is 1. The highest BCUT2D eigenvalue weighted by Gasteiger charge is 2.35. The van der Waals surface area contributed by atoms with Crippen LogP contribution >= 0.6 is 22.7 Å². The van der Waals surface area contributed by atoms with Gasteiger partial charge in [0.25, 0.3) is 0 Å². The third kappa shape index (κ3) is 7.61. The molecule has 0 spiro atoms.